The number of guanidine groups is 1. The molecule has 1 heterocycles. The van der Waals surface area contributed by atoms with Crippen LogP contribution in [0.25, 0.3) is 0 Å². The van der Waals surface area contributed by atoms with Crippen molar-refractivity contribution in [2.24, 2.45) is 15.9 Å². The normalized spacial score (nSPS) is 24.2. The number of Topliss-reactive ketones (excluding diaryl/α,β-unsaturated/α-hetero) is 1. The fourth-order valence-corrected chi connectivity index (χ4v) is 7.26. The zero-order chi connectivity index (χ0) is 32.0. The number of ketones is 1. The highest BCUT2D eigenvalue weighted by molar-refractivity contribution is 7.99. The number of carbonyl (C=O) groups excluding carboxylic acids is 2. The standard InChI is InChI=1S/C37H47N5O2S/c1-25-9-13-28(14-10-25)24-45-33(22-32(43)29-17-11-26(2)12-18-29)35(44)39-30-19-15-27(16-20-30)23-38-36-40-34(42(4)5)31-8-6-7-21-37(31,3)41-36/h6-14,17-18,27,30,33H,15-16,19-24H2,1-5H3,(H,38,41)(H,39,44). The topological polar surface area (TPSA) is 86.2 Å². The average molecular weight is 626 g/mol. The van der Waals surface area contributed by atoms with Crippen LogP contribution in [0.15, 0.2) is 82.3 Å². The number of hydrogen-bond donors (Lipinski definition) is 2. The van der Waals surface area contributed by atoms with Gasteiger partial charge in [0.1, 0.15) is 5.84 Å². The predicted octanol–water partition coefficient (Wildman–Crippen LogP) is 6.42. The molecular weight excluding hydrogens is 579 g/mol. The van der Waals surface area contributed by atoms with Crippen LogP contribution in [0.4, 0.5) is 0 Å². The van der Waals surface area contributed by atoms with Crippen LogP contribution < -0.4 is 10.6 Å². The molecule has 2 aromatic carbocycles. The predicted molar refractivity (Wildman–Crippen MR) is 187 cm³/mol. The summed E-state index contributed by atoms with van der Waals surface area (Å²) in [5.41, 5.74) is 5.13. The zero-order valence-corrected chi connectivity index (χ0v) is 28.1. The third kappa shape index (κ3) is 8.54. The van der Waals surface area contributed by atoms with E-state index < -0.39 is 5.25 Å². The van der Waals surface area contributed by atoms with Crippen molar-refractivity contribution in [1.82, 2.24) is 15.5 Å². The summed E-state index contributed by atoms with van der Waals surface area (Å²) in [7, 11) is 4.06. The molecule has 3 aliphatic rings. The van der Waals surface area contributed by atoms with E-state index >= 15 is 0 Å². The SMILES string of the molecule is Cc1ccc(CSC(CC(=O)c2ccc(C)cc2)C(=O)NC2CCC(CN=C3N=C(N(C)C)C4=CC=CCC4(C)N3)CC2)cc1. The van der Waals surface area contributed by atoms with Crippen LogP contribution in [0.3, 0.4) is 0 Å². The number of likely N-dealkylation sites (N-methyl/N-ethyl adjacent to an activating group) is 1. The van der Waals surface area contributed by atoms with Crippen LogP contribution in [0, 0.1) is 19.8 Å². The molecule has 2 aliphatic carbocycles. The smallest absolute Gasteiger partial charge is 0.233 e. The van der Waals surface area contributed by atoms with Gasteiger partial charge in [0, 0.05) is 50.0 Å². The highest BCUT2D eigenvalue weighted by Crippen LogP contribution is 2.31. The van der Waals surface area contributed by atoms with Crippen molar-refractivity contribution < 1.29 is 9.59 Å². The molecule has 1 aliphatic heterocycles. The molecule has 0 saturated heterocycles. The van der Waals surface area contributed by atoms with E-state index in [4.69, 9.17) is 9.98 Å². The highest BCUT2D eigenvalue weighted by atomic mass is 32.2. The Kier molecular flexibility index (Phi) is 10.6. The molecule has 2 unspecified atom stereocenters. The second-order valence-electron chi connectivity index (χ2n) is 13.2. The monoisotopic (exact) mass is 625 g/mol. The van der Waals surface area contributed by atoms with Gasteiger partial charge in [-0.05, 0) is 64.4 Å². The van der Waals surface area contributed by atoms with Crippen LogP contribution >= 0.6 is 11.8 Å². The molecule has 0 aromatic heterocycles. The Morgan fingerprint density at radius 1 is 1.04 bits per heavy atom. The molecule has 2 atom stereocenters. The van der Waals surface area contributed by atoms with Crippen LogP contribution in [0.2, 0.25) is 0 Å². The number of nitrogens with one attached hydrogen (secondary N) is 2. The average Bonchev–Trinajstić information content (AvgIpc) is 3.02. The number of hydrogen-bond acceptors (Lipinski definition) is 5. The fourth-order valence-electron chi connectivity index (χ4n) is 6.19. The third-order valence-corrected chi connectivity index (χ3v) is 10.4. The molecule has 1 amide bonds. The minimum atomic E-state index is -0.444. The largest absolute Gasteiger partial charge is 0.362 e. The van der Waals surface area contributed by atoms with Gasteiger partial charge in [0.25, 0.3) is 0 Å². The Balaban J connectivity index is 1.17. The lowest BCUT2D eigenvalue weighted by molar-refractivity contribution is -0.121. The van der Waals surface area contributed by atoms with Crippen molar-refractivity contribution in [3.05, 3.63) is 94.6 Å². The van der Waals surface area contributed by atoms with Gasteiger partial charge in [-0.1, -0.05) is 77.9 Å². The Hall–Kier alpha value is -3.65. The molecule has 0 radical (unpaired) electrons. The third-order valence-electron chi connectivity index (χ3n) is 9.08. The van der Waals surface area contributed by atoms with Crippen LogP contribution in [-0.4, -0.2) is 65.9 Å². The van der Waals surface area contributed by atoms with Crippen LogP contribution in [0.1, 0.15) is 72.5 Å². The maximum Gasteiger partial charge on any atom is 0.233 e. The summed E-state index contributed by atoms with van der Waals surface area (Å²) in [6.45, 7) is 7.01. The summed E-state index contributed by atoms with van der Waals surface area (Å²) in [5, 5.41) is 6.46. The van der Waals surface area contributed by atoms with Crippen molar-refractivity contribution in [2.75, 3.05) is 20.6 Å². The lowest BCUT2D eigenvalue weighted by atomic mass is 9.82. The quantitative estimate of drug-likeness (QED) is 0.298. The minimum absolute atomic E-state index is 0.00602. The molecule has 2 N–H and O–H groups in total. The van der Waals surface area contributed by atoms with Crippen molar-refractivity contribution in [3.63, 3.8) is 0 Å². The van der Waals surface area contributed by atoms with Crippen molar-refractivity contribution in [1.29, 1.82) is 0 Å². The van der Waals surface area contributed by atoms with E-state index in [1.165, 1.54) is 11.1 Å². The van der Waals surface area contributed by atoms with Gasteiger partial charge in [-0.15, -0.1) is 11.8 Å². The molecule has 1 fully saturated rings. The summed E-state index contributed by atoms with van der Waals surface area (Å²) < 4.78 is 0. The molecule has 7 nitrogen and oxygen atoms in total. The van der Waals surface area contributed by atoms with Gasteiger partial charge in [-0.3, -0.25) is 14.6 Å². The number of amides is 1. The number of amidine groups is 1. The van der Waals surface area contributed by atoms with Crippen LogP contribution in [0.5, 0.6) is 0 Å². The number of fused-ring (bicyclic) bond motifs is 1. The first-order valence-corrected chi connectivity index (χ1v) is 17.2. The van der Waals surface area contributed by atoms with Gasteiger partial charge in [-0.25, -0.2) is 0 Å². The van der Waals surface area contributed by atoms with E-state index in [0.717, 1.165) is 55.6 Å². The number of thioether (sulfide) groups is 1. The molecule has 8 heteroatoms. The van der Waals surface area contributed by atoms with Crippen molar-refractivity contribution in [2.45, 2.75) is 81.9 Å². The molecule has 0 spiro atoms. The second-order valence-corrected chi connectivity index (χ2v) is 14.4. The summed E-state index contributed by atoms with van der Waals surface area (Å²) in [4.78, 5) is 38.6. The van der Waals surface area contributed by atoms with Gasteiger partial charge in [-0.2, -0.15) is 4.99 Å². The maximum absolute atomic E-state index is 13.6. The molecule has 1 saturated carbocycles. The van der Waals surface area contributed by atoms with E-state index in [9.17, 15) is 9.59 Å². The highest BCUT2D eigenvalue weighted by Gasteiger charge is 2.37. The fraction of sp³-hybridized carbons (Fsp3) is 0.459. The van der Waals surface area contributed by atoms with Crippen molar-refractivity contribution >= 4 is 35.2 Å². The number of allylic oxidation sites excluding steroid dienone is 2. The number of rotatable bonds is 10. The van der Waals surface area contributed by atoms with E-state index in [2.05, 4.69) is 71.9 Å². The van der Waals surface area contributed by atoms with Gasteiger partial charge in [0.05, 0.1) is 10.8 Å². The Bertz CT molecular complexity index is 1480. The lowest BCUT2D eigenvalue weighted by Gasteiger charge is -2.40. The number of aliphatic imine (C=N–C) groups is 2. The summed E-state index contributed by atoms with van der Waals surface area (Å²) in [6, 6.07) is 16.1. The first kappa shape index (κ1) is 32.7. The molecule has 2 aromatic rings. The minimum Gasteiger partial charge on any atom is -0.362 e. The molecule has 45 heavy (non-hydrogen) atoms. The first-order chi connectivity index (χ1) is 21.6. The van der Waals surface area contributed by atoms with E-state index in [0.29, 0.717) is 23.2 Å². The van der Waals surface area contributed by atoms with Gasteiger partial charge >= 0.3 is 0 Å². The van der Waals surface area contributed by atoms with Gasteiger partial charge < -0.3 is 15.5 Å². The Labute approximate surface area is 272 Å². The zero-order valence-electron chi connectivity index (χ0n) is 27.3. The Morgan fingerprint density at radius 3 is 2.38 bits per heavy atom. The molecule has 5 rings (SSSR count). The number of benzene rings is 2. The number of aryl methyl sites for hydroxylation is 2. The first-order valence-electron chi connectivity index (χ1n) is 16.1. The van der Waals surface area contributed by atoms with Crippen LogP contribution in [-0.2, 0) is 10.5 Å². The number of nitrogens with zero attached hydrogens (tertiary/aromatic N) is 3. The van der Waals surface area contributed by atoms with E-state index in [-0.39, 0.29) is 29.7 Å². The van der Waals surface area contributed by atoms with Gasteiger partial charge in [0.2, 0.25) is 11.9 Å². The van der Waals surface area contributed by atoms with E-state index in [1.807, 2.05) is 45.3 Å². The second kappa shape index (κ2) is 14.6. The summed E-state index contributed by atoms with van der Waals surface area (Å²) in [6.07, 6.45) is 11.3. The summed E-state index contributed by atoms with van der Waals surface area (Å²) in [5.74, 6) is 2.78. The van der Waals surface area contributed by atoms with Gasteiger partial charge in [0.15, 0.2) is 5.78 Å². The number of carbonyl (C=O) groups is 2. The molecular formula is C37H47N5O2S. The van der Waals surface area contributed by atoms with Crippen molar-refractivity contribution in [3.8, 4) is 0 Å². The maximum atomic E-state index is 13.6. The summed E-state index contributed by atoms with van der Waals surface area (Å²) >= 11 is 1.56. The van der Waals surface area contributed by atoms with E-state index in [1.54, 1.807) is 11.8 Å². The lowest BCUT2D eigenvalue weighted by Crippen LogP contribution is -2.55. The molecule has 0 bridgehead atoms. The Morgan fingerprint density at radius 2 is 1.71 bits per heavy atom. The molecule has 238 valence electrons.